The number of primary amides is 1. The number of aromatic nitrogens is 3. The molecule has 0 spiro atoms. The zero-order chi connectivity index (χ0) is 11.8. The lowest BCUT2D eigenvalue weighted by molar-refractivity contribution is 0.100. The Morgan fingerprint density at radius 2 is 2.29 bits per heavy atom. The maximum Gasteiger partial charge on any atom is 0.259 e. The van der Waals surface area contributed by atoms with E-state index in [1.165, 1.54) is 11.3 Å². The molecule has 3 heterocycles. The van der Waals surface area contributed by atoms with Crippen LogP contribution in [-0.4, -0.2) is 20.5 Å². The summed E-state index contributed by atoms with van der Waals surface area (Å²) in [5, 5.41) is 6.04. The van der Waals surface area contributed by atoms with Crippen LogP contribution in [0.5, 0.6) is 0 Å². The van der Waals surface area contributed by atoms with E-state index in [-0.39, 0.29) is 0 Å². The van der Waals surface area contributed by atoms with Gasteiger partial charge in [-0.3, -0.25) is 4.79 Å². The van der Waals surface area contributed by atoms with Crippen molar-refractivity contribution >= 4 is 22.9 Å². The maximum absolute atomic E-state index is 11.3. The number of thiophene rings is 1. The molecule has 0 aliphatic rings. The average Bonchev–Trinajstić information content (AvgIpc) is 2.94. The predicted molar refractivity (Wildman–Crippen MR) is 64.8 cm³/mol. The second-order valence-corrected chi connectivity index (χ2v) is 4.38. The van der Waals surface area contributed by atoms with Crippen molar-refractivity contribution in [3.05, 3.63) is 40.8 Å². The highest BCUT2D eigenvalue weighted by Crippen LogP contribution is 2.27. The Morgan fingerprint density at radius 1 is 1.41 bits per heavy atom. The standard InChI is InChI=1S/C11H8N4OS/c12-11(16)10-7(3-5-17-10)8-6-13-9-2-1-4-14-15(8)9/h1-6H,(H2,12,16). The van der Waals surface area contributed by atoms with Crippen LogP contribution >= 0.6 is 11.3 Å². The van der Waals surface area contributed by atoms with Gasteiger partial charge in [0.2, 0.25) is 0 Å². The quantitative estimate of drug-likeness (QED) is 0.743. The first-order valence-corrected chi connectivity index (χ1v) is 5.82. The molecule has 3 aromatic rings. The van der Waals surface area contributed by atoms with E-state index in [1.54, 1.807) is 16.9 Å². The van der Waals surface area contributed by atoms with E-state index in [0.29, 0.717) is 4.88 Å². The number of nitrogens with two attached hydrogens (primary N) is 1. The van der Waals surface area contributed by atoms with Crippen LogP contribution in [0.25, 0.3) is 16.9 Å². The molecule has 0 atom stereocenters. The van der Waals surface area contributed by atoms with Gasteiger partial charge in [-0.05, 0) is 23.6 Å². The van der Waals surface area contributed by atoms with E-state index in [4.69, 9.17) is 5.73 Å². The van der Waals surface area contributed by atoms with Crippen LogP contribution in [0, 0.1) is 0 Å². The van der Waals surface area contributed by atoms with Gasteiger partial charge in [-0.15, -0.1) is 11.3 Å². The second kappa shape index (κ2) is 3.67. The molecular weight excluding hydrogens is 236 g/mol. The smallest absolute Gasteiger partial charge is 0.259 e. The molecule has 17 heavy (non-hydrogen) atoms. The molecule has 0 bridgehead atoms. The third kappa shape index (κ3) is 1.50. The van der Waals surface area contributed by atoms with Gasteiger partial charge in [0.1, 0.15) is 4.88 Å². The fourth-order valence-corrected chi connectivity index (χ4v) is 2.47. The predicted octanol–water partition coefficient (Wildman–Crippen LogP) is 1.56. The minimum atomic E-state index is -0.430. The molecule has 3 rings (SSSR count). The summed E-state index contributed by atoms with van der Waals surface area (Å²) in [6.07, 6.45) is 3.37. The minimum absolute atomic E-state index is 0.430. The van der Waals surface area contributed by atoms with E-state index in [0.717, 1.165) is 16.9 Å². The number of rotatable bonds is 2. The van der Waals surface area contributed by atoms with Gasteiger partial charge in [-0.1, -0.05) is 0 Å². The van der Waals surface area contributed by atoms with E-state index in [2.05, 4.69) is 10.1 Å². The number of amides is 1. The van der Waals surface area contributed by atoms with Crippen molar-refractivity contribution in [1.82, 2.24) is 14.6 Å². The number of fused-ring (bicyclic) bond motifs is 1. The summed E-state index contributed by atoms with van der Waals surface area (Å²) in [7, 11) is 0. The van der Waals surface area contributed by atoms with Crippen molar-refractivity contribution in [2.75, 3.05) is 0 Å². The van der Waals surface area contributed by atoms with E-state index >= 15 is 0 Å². The van der Waals surface area contributed by atoms with Gasteiger partial charge < -0.3 is 5.73 Å². The normalized spacial score (nSPS) is 10.8. The molecule has 0 saturated heterocycles. The molecular formula is C11H8N4OS. The third-order valence-corrected chi connectivity index (χ3v) is 3.37. The maximum atomic E-state index is 11.3. The molecule has 0 aliphatic heterocycles. The Balaban J connectivity index is 2.28. The van der Waals surface area contributed by atoms with Crippen molar-refractivity contribution in [3.8, 4) is 11.3 Å². The number of nitrogens with zero attached hydrogens (tertiary/aromatic N) is 3. The van der Waals surface area contributed by atoms with Gasteiger partial charge in [0.05, 0.1) is 11.9 Å². The first-order chi connectivity index (χ1) is 8.27. The molecule has 0 fully saturated rings. The first kappa shape index (κ1) is 9.98. The van der Waals surface area contributed by atoms with E-state index < -0.39 is 5.91 Å². The van der Waals surface area contributed by atoms with Crippen LogP contribution < -0.4 is 5.73 Å². The molecule has 1 amide bonds. The summed E-state index contributed by atoms with van der Waals surface area (Å²) in [4.78, 5) is 16.1. The molecule has 0 radical (unpaired) electrons. The van der Waals surface area contributed by atoms with Crippen molar-refractivity contribution in [2.45, 2.75) is 0 Å². The minimum Gasteiger partial charge on any atom is -0.365 e. The third-order valence-electron chi connectivity index (χ3n) is 2.44. The molecule has 2 N–H and O–H groups in total. The molecule has 0 unspecified atom stereocenters. The highest BCUT2D eigenvalue weighted by molar-refractivity contribution is 7.12. The van der Waals surface area contributed by atoms with Gasteiger partial charge >= 0.3 is 0 Å². The lowest BCUT2D eigenvalue weighted by Gasteiger charge is -1.99. The van der Waals surface area contributed by atoms with Gasteiger partial charge in [0, 0.05) is 11.8 Å². The van der Waals surface area contributed by atoms with Crippen LogP contribution in [0.2, 0.25) is 0 Å². The van der Waals surface area contributed by atoms with Crippen LogP contribution in [-0.2, 0) is 0 Å². The number of carbonyl (C=O) groups is 1. The molecule has 0 aromatic carbocycles. The van der Waals surface area contributed by atoms with Crippen LogP contribution in [0.3, 0.4) is 0 Å². The number of hydrogen-bond acceptors (Lipinski definition) is 4. The summed E-state index contributed by atoms with van der Waals surface area (Å²) in [5.41, 5.74) is 7.62. The fraction of sp³-hybridized carbons (Fsp3) is 0. The topological polar surface area (TPSA) is 73.3 Å². The highest BCUT2D eigenvalue weighted by atomic mass is 32.1. The van der Waals surface area contributed by atoms with E-state index in [1.807, 2.05) is 23.6 Å². The molecule has 0 saturated carbocycles. The first-order valence-electron chi connectivity index (χ1n) is 4.94. The van der Waals surface area contributed by atoms with Gasteiger partial charge in [-0.2, -0.15) is 5.10 Å². The monoisotopic (exact) mass is 244 g/mol. The van der Waals surface area contributed by atoms with Gasteiger partial charge in [0.15, 0.2) is 5.65 Å². The molecule has 0 aliphatic carbocycles. The Morgan fingerprint density at radius 3 is 3.12 bits per heavy atom. The lowest BCUT2D eigenvalue weighted by atomic mass is 10.2. The zero-order valence-electron chi connectivity index (χ0n) is 8.70. The van der Waals surface area contributed by atoms with E-state index in [9.17, 15) is 4.79 Å². The molecule has 6 heteroatoms. The van der Waals surface area contributed by atoms with Gasteiger partial charge in [0.25, 0.3) is 5.91 Å². The Labute approximate surface area is 101 Å². The van der Waals surface area contributed by atoms with Crippen molar-refractivity contribution in [2.24, 2.45) is 5.73 Å². The largest absolute Gasteiger partial charge is 0.365 e. The SMILES string of the molecule is NC(=O)c1sccc1-c1cnc2cccnn12. The Bertz CT molecular complexity index is 700. The van der Waals surface area contributed by atoms with Crippen molar-refractivity contribution < 1.29 is 4.79 Å². The van der Waals surface area contributed by atoms with Crippen molar-refractivity contribution in [3.63, 3.8) is 0 Å². The van der Waals surface area contributed by atoms with Crippen LogP contribution in [0.4, 0.5) is 0 Å². The second-order valence-electron chi connectivity index (χ2n) is 3.46. The molecule has 5 nitrogen and oxygen atoms in total. The summed E-state index contributed by atoms with van der Waals surface area (Å²) >= 11 is 1.32. The summed E-state index contributed by atoms with van der Waals surface area (Å²) in [6.45, 7) is 0. The number of carbonyl (C=O) groups excluding carboxylic acids is 1. The number of hydrogen-bond donors (Lipinski definition) is 1. The molecule has 3 aromatic heterocycles. The van der Waals surface area contributed by atoms with Crippen molar-refractivity contribution in [1.29, 1.82) is 0 Å². The zero-order valence-corrected chi connectivity index (χ0v) is 9.52. The van der Waals surface area contributed by atoms with Crippen LogP contribution in [0.15, 0.2) is 36.0 Å². The van der Waals surface area contributed by atoms with Crippen LogP contribution in [0.1, 0.15) is 9.67 Å². The summed E-state index contributed by atoms with van der Waals surface area (Å²) < 4.78 is 1.69. The van der Waals surface area contributed by atoms with Gasteiger partial charge in [-0.25, -0.2) is 9.50 Å². The average molecular weight is 244 g/mol. The highest BCUT2D eigenvalue weighted by Gasteiger charge is 2.15. The summed E-state index contributed by atoms with van der Waals surface area (Å²) in [5.74, 6) is -0.430. The fourth-order valence-electron chi connectivity index (χ4n) is 1.71. The lowest BCUT2D eigenvalue weighted by Crippen LogP contribution is -2.10. The Kier molecular flexibility index (Phi) is 2.15. The Hall–Kier alpha value is -2.21. The number of imidazole rings is 1. The summed E-state index contributed by atoms with van der Waals surface area (Å²) in [6, 6.07) is 5.52. The molecule has 84 valence electrons.